The van der Waals surface area contributed by atoms with Crippen LogP contribution in [0.15, 0.2) is 97.2 Å². The summed E-state index contributed by atoms with van der Waals surface area (Å²) in [4.78, 5) is 15.9. The molecule has 0 saturated heterocycles. The first kappa shape index (κ1) is 22.9. The Bertz CT molecular complexity index is 1580. The molecule has 3 heterocycles. The normalized spacial score (nSPS) is 14.6. The third-order valence-corrected chi connectivity index (χ3v) is 7.01. The first-order valence-electron chi connectivity index (χ1n) is 12.5. The van der Waals surface area contributed by atoms with Crippen molar-refractivity contribution in [2.75, 3.05) is 5.32 Å². The van der Waals surface area contributed by atoms with Crippen LogP contribution < -0.4 is 5.32 Å². The SMILES string of the molecule is Cc1ccc(NC(=O)N2Cc3c(C)nn(-c4ccccc4)c3-n3cccc3C2c2cccc(C)c2)cc1. The largest absolute Gasteiger partial charge is 0.322 e. The minimum absolute atomic E-state index is 0.150. The zero-order chi connectivity index (χ0) is 25.5. The molecule has 1 atom stereocenters. The number of urea groups is 1. The fourth-order valence-electron chi connectivity index (χ4n) is 5.17. The predicted octanol–water partition coefficient (Wildman–Crippen LogP) is 6.73. The van der Waals surface area contributed by atoms with E-state index in [0.29, 0.717) is 6.54 Å². The topological polar surface area (TPSA) is 55.1 Å². The fraction of sp³-hybridized carbons (Fsp3) is 0.161. The third-order valence-electron chi connectivity index (χ3n) is 7.01. The number of aryl methyl sites for hydroxylation is 3. The number of amides is 2. The summed E-state index contributed by atoms with van der Waals surface area (Å²) in [5.74, 6) is 0.965. The van der Waals surface area contributed by atoms with Crippen LogP contribution in [-0.2, 0) is 6.54 Å². The van der Waals surface area contributed by atoms with Gasteiger partial charge in [0, 0.05) is 17.4 Å². The number of nitrogens with zero attached hydrogens (tertiary/aromatic N) is 4. The van der Waals surface area contributed by atoms with Crippen LogP contribution in [0.2, 0.25) is 0 Å². The number of aromatic nitrogens is 3. The molecule has 6 heteroatoms. The molecule has 6 rings (SSSR count). The number of carbonyl (C=O) groups excluding carboxylic acids is 1. The molecule has 0 saturated carbocycles. The summed E-state index contributed by atoms with van der Waals surface area (Å²) in [7, 11) is 0. The molecular formula is C31H29N5O. The highest BCUT2D eigenvalue weighted by Gasteiger charge is 2.36. The fourth-order valence-corrected chi connectivity index (χ4v) is 5.17. The highest BCUT2D eigenvalue weighted by Crippen LogP contribution is 2.39. The standard InChI is InChI=1S/C31H29N5O/c1-21-14-16-25(17-15-21)32-31(37)35-20-27-23(3)33-36(26-11-5-4-6-12-26)30(27)34-18-8-13-28(34)29(35)24-10-7-9-22(2)19-24/h4-19,29H,20H2,1-3H3,(H,32,37). The molecule has 1 aliphatic heterocycles. The van der Waals surface area contributed by atoms with E-state index in [-0.39, 0.29) is 12.1 Å². The van der Waals surface area contributed by atoms with E-state index in [0.717, 1.165) is 50.8 Å². The van der Waals surface area contributed by atoms with Gasteiger partial charge in [-0.2, -0.15) is 5.10 Å². The molecule has 2 aromatic heterocycles. The second-order valence-electron chi connectivity index (χ2n) is 9.68. The maximum Gasteiger partial charge on any atom is 0.322 e. The zero-order valence-corrected chi connectivity index (χ0v) is 21.2. The van der Waals surface area contributed by atoms with E-state index in [4.69, 9.17) is 5.10 Å². The van der Waals surface area contributed by atoms with E-state index in [2.05, 4.69) is 65.5 Å². The number of fused-ring (bicyclic) bond motifs is 3. The smallest absolute Gasteiger partial charge is 0.308 e. The maximum atomic E-state index is 14.0. The van der Waals surface area contributed by atoms with Crippen molar-refractivity contribution in [1.29, 1.82) is 0 Å². The second-order valence-corrected chi connectivity index (χ2v) is 9.68. The molecule has 1 N–H and O–H groups in total. The Morgan fingerprint density at radius 3 is 2.41 bits per heavy atom. The lowest BCUT2D eigenvalue weighted by Crippen LogP contribution is -2.38. The van der Waals surface area contributed by atoms with E-state index in [9.17, 15) is 4.79 Å². The van der Waals surface area contributed by atoms with Crippen molar-refractivity contribution in [3.63, 3.8) is 0 Å². The number of hydrogen-bond donors (Lipinski definition) is 1. The van der Waals surface area contributed by atoms with Gasteiger partial charge >= 0.3 is 6.03 Å². The highest BCUT2D eigenvalue weighted by atomic mass is 16.2. The molecule has 0 spiro atoms. The van der Waals surface area contributed by atoms with Crippen molar-refractivity contribution in [2.45, 2.75) is 33.4 Å². The van der Waals surface area contributed by atoms with E-state index in [1.807, 2.05) is 72.0 Å². The molecule has 5 aromatic rings. The number of anilines is 1. The summed E-state index contributed by atoms with van der Waals surface area (Å²) in [6, 6.07) is 30.2. The molecule has 37 heavy (non-hydrogen) atoms. The van der Waals surface area contributed by atoms with E-state index < -0.39 is 0 Å². The minimum Gasteiger partial charge on any atom is -0.308 e. The summed E-state index contributed by atoms with van der Waals surface area (Å²) in [6.45, 7) is 6.57. The summed E-state index contributed by atoms with van der Waals surface area (Å²) in [5, 5.41) is 8.06. The second kappa shape index (κ2) is 9.13. The molecule has 0 radical (unpaired) electrons. The van der Waals surface area contributed by atoms with Crippen LogP contribution in [0.3, 0.4) is 0 Å². The molecule has 3 aromatic carbocycles. The molecule has 1 aliphatic rings. The van der Waals surface area contributed by atoms with Gasteiger partial charge in [0.05, 0.1) is 29.7 Å². The number of rotatable bonds is 3. The van der Waals surface area contributed by atoms with Gasteiger partial charge in [0.15, 0.2) is 0 Å². The number of para-hydroxylation sites is 1. The lowest BCUT2D eigenvalue weighted by atomic mass is 10.00. The van der Waals surface area contributed by atoms with Gasteiger partial charge in [-0.15, -0.1) is 0 Å². The molecule has 1 unspecified atom stereocenters. The lowest BCUT2D eigenvalue weighted by Gasteiger charge is -2.31. The van der Waals surface area contributed by atoms with Crippen LogP contribution in [0.1, 0.15) is 39.7 Å². The first-order valence-corrected chi connectivity index (χ1v) is 12.5. The molecular weight excluding hydrogens is 458 g/mol. The van der Waals surface area contributed by atoms with Gasteiger partial charge in [-0.05, 0) is 62.7 Å². The Morgan fingerprint density at radius 1 is 0.865 bits per heavy atom. The van der Waals surface area contributed by atoms with Crippen molar-refractivity contribution in [1.82, 2.24) is 19.2 Å². The van der Waals surface area contributed by atoms with Crippen LogP contribution in [0.4, 0.5) is 10.5 Å². The Balaban J connectivity index is 1.53. The van der Waals surface area contributed by atoms with Gasteiger partial charge < -0.3 is 14.8 Å². The van der Waals surface area contributed by atoms with Gasteiger partial charge in [-0.25, -0.2) is 9.48 Å². The van der Waals surface area contributed by atoms with Gasteiger partial charge in [0.2, 0.25) is 0 Å². The monoisotopic (exact) mass is 487 g/mol. The summed E-state index contributed by atoms with van der Waals surface area (Å²) >= 11 is 0. The van der Waals surface area contributed by atoms with Crippen LogP contribution in [0.5, 0.6) is 0 Å². The first-order chi connectivity index (χ1) is 18.0. The average molecular weight is 488 g/mol. The van der Waals surface area contributed by atoms with E-state index in [1.165, 1.54) is 0 Å². The van der Waals surface area contributed by atoms with Gasteiger partial charge in [0.25, 0.3) is 0 Å². The third kappa shape index (κ3) is 4.10. The molecule has 0 aliphatic carbocycles. The van der Waals surface area contributed by atoms with Crippen molar-refractivity contribution in [3.8, 4) is 11.5 Å². The molecule has 2 amide bonds. The predicted molar refractivity (Wildman–Crippen MR) is 146 cm³/mol. The molecule has 6 nitrogen and oxygen atoms in total. The zero-order valence-electron chi connectivity index (χ0n) is 21.2. The molecule has 0 bridgehead atoms. The summed E-state index contributed by atoms with van der Waals surface area (Å²) < 4.78 is 4.18. The Hall–Kier alpha value is -4.58. The average Bonchev–Trinajstić information content (AvgIpc) is 3.46. The summed E-state index contributed by atoms with van der Waals surface area (Å²) in [6.07, 6.45) is 2.07. The van der Waals surface area contributed by atoms with Crippen molar-refractivity contribution in [3.05, 3.63) is 131 Å². The van der Waals surface area contributed by atoms with Gasteiger partial charge in [-0.3, -0.25) is 0 Å². The van der Waals surface area contributed by atoms with Gasteiger partial charge in [-0.1, -0.05) is 65.7 Å². The van der Waals surface area contributed by atoms with Crippen molar-refractivity contribution >= 4 is 11.7 Å². The van der Waals surface area contributed by atoms with Crippen molar-refractivity contribution < 1.29 is 4.79 Å². The van der Waals surface area contributed by atoms with Crippen LogP contribution in [-0.4, -0.2) is 25.3 Å². The van der Waals surface area contributed by atoms with E-state index in [1.54, 1.807) is 0 Å². The summed E-state index contributed by atoms with van der Waals surface area (Å²) in [5.41, 5.74) is 8.07. The number of benzene rings is 3. The lowest BCUT2D eigenvalue weighted by molar-refractivity contribution is 0.194. The molecule has 0 fully saturated rings. The van der Waals surface area contributed by atoms with Crippen LogP contribution >= 0.6 is 0 Å². The van der Waals surface area contributed by atoms with Crippen LogP contribution in [0.25, 0.3) is 11.5 Å². The van der Waals surface area contributed by atoms with Crippen molar-refractivity contribution in [2.24, 2.45) is 0 Å². The quantitative estimate of drug-likeness (QED) is 0.307. The number of hydrogen-bond acceptors (Lipinski definition) is 2. The number of carbonyl (C=O) groups is 1. The Morgan fingerprint density at radius 2 is 1.65 bits per heavy atom. The molecule has 184 valence electrons. The van der Waals surface area contributed by atoms with E-state index >= 15 is 0 Å². The Labute approximate surface area is 216 Å². The maximum absolute atomic E-state index is 14.0. The van der Waals surface area contributed by atoms with Gasteiger partial charge in [0.1, 0.15) is 5.82 Å². The highest BCUT2D eigenvalue weighted by molar-refractivity contribution is 5.90. The Kier molecular flexibility index (Phi) is 5.64. The number of nitrogens with one attached hydrogen (secondary N) is 1. The minimum atomic E-state index is -0.281. The van der Waals surface area contributed by atoms with Crippen LogP contribution in [0, 0.1) is 20.8 Å².